The van der Waals surface area contributed by atoms with Crippen LogP contribution >= 0.6 is 0 Å². The van der Waals surface area contributed by atoms with Gasteiger partial charge in [-0.15, -0.1) is 0 Å². The number of hydrogen-bond donors (Lipinski definition) is 2. The lowest BCUT2D eigenvalue weighted by molar-refractivity contribution is 0.623. The van der Waals surface area contributed by atoms with Crippen LogP contribution in [0, 0.1) is 12.7 Å². The number of hydrogen-bond acceptors (Lipinski definition) is 4. The molecule has 1 aromatic carbocycles. The Morgan fingerprint density at radius 2 is 1.95 bits per heavy atom. The van der Waals surface area contributed by atoms with Crippen LogP contribution in [0.15, 0.2) is 24.3 Å². The van der Waals surface area contributed by atoms with Crippen LogP contribution in [0.3, 0.4) is 0 Å². The van der Waals surface area contributed by atoms with Crippen molar-refractivity contribution in [3.63, 3.8) is 0 Å². The zero-order valence-corrected chi connectivity index (χ0v) is 12.9. The minimum Gasteiger partial charge on any atom is -0.373 e. The van der Waals surface area contributed by atoms with Crippen LogP contribution in [0.1, 0.15) is 36.8 Å². The second-order valence-corrected chi connectivity index (χ2v) is 4.99. The zero-order valence-electron chi connectivity index (χ0n) is 12.9. The molecule has 4 nitrogen and oxygen atoms in total. The van der Waals surface area contributed by atoms with Crippen molar-refractivity contribution in [2.45, 2.75) is 33.2 Å². The first-order valence-electron chi connectivity index (χ1n) is 7.12. The van der Waals surface area contributed by atoms with E-state index in [1.807, 2.05) is 33.9 Å². The van der Waals surface area contributed by atoms with Gasteiger partial charge < -0.3 is 10.6 Å². The molecule has 1 heterocycles. The standard InChI is InChI=1S/C16H21FN4/c1-5-14-20-15(18-4)10(2)16(21-14)19-11(3)12-7-6-8-13(17)9-12/h6-9,11H,5H2,1-4H3,(H2,18,19,20,21). The fraction of sp³-hybridized carbons (Fsp3) is 0.375. The minimum atomic E-state index is -0.231. The molecule has 0 aliphatic heterocycles. The molecule has 2 rings (SSSR count). The summed E-state index contributed by atoms with van der Waals surface area (Å²) in [5, 5.41) is 6.43. The van der Waals surface area contributed by atoms with Gasteiger partial charge in [-0.2, -0.15) is 0 Å². The predicted octanol–water partition coefficient (Wildman–Crippen LogP) is 3.70. The van der Waals surface area contributed by atoms with E-state index in [-0.39, 0.29) is 11.9 Å². The van der Waals surface area contributed by atoms with Crippen LogP contribution in [-0.4, -0.2) is 17.0 Å². The first-order chi connectivity index (χ1) is 10.0. The molecule has 0 bridgehead atoms. The molecule has 0 aliphatic rings. The number of nitrogens with zero attached hydrogens (tertiary/aromatic N) is 2. The van der Waals surface area contributed by atoms with Gasteiger partial charge in [0, 0.05) is 19.0 Å². The summed E-state index contributed by atoms with van der Waals surface area (Å²) in [6.07, 6.45) is 0.762. The highest BCUT2D eigenvalue weighted by molar-refractivity contribution is 5.57. The highest BCUT2D eigenvalue weighted by Gasteiger charge is 2.13. The molecule has 1 aromatic heterocycles. The summed E-state index contributed by atoms with van der Waals surface area (Å²) in [6, 6.07) is 6.56. The molecular formula is C16H21FN4. The van der Waals surface area contributed by atoms with E-state index in [9.17, 15) is 4.39 Å². The maximum Gasteiger partial charge on any atom is 0.135 e. The van der Waals surface area contributed by atoms with E-state index in [1.54, 1.807) is 6.07 Å². The van der Waals surface area contributed by atoms with Gasteiger partial charge in [0.15, 0.2) is 0 Å². The predicted molar refractivity (Wildman–Crippen MR) is 84.1 cm³/mol. The summed E-state index contributed by atoms with van der Waals surface area (Å²) in [5.74, 6) is 2.14. The molecule has 5 heteroatoms. The maximum absolute atomic E-state index is 13.3. The minimum absolute atomic E-state index is 0.0382. The molecule has 0 spiro atoms. The van der Waals surface area contributed by atoms with E-state index in [0.717, 1.165) is 35.0 Å². The molecular weight excluding hydrogens is 267 g/mol. The van der Waals surface area contributed by atoms with E-state index in [2.05, 4.69) is 20.6 Å². The molecule has 0 saturated heterocycles. The number of halogens is 1. The Morgan fingerprint density at radius 3 is 2.57 bits per heavy atom. The number of anilines is 2. The van der Waals surface area contributed by atoms with Crippen LogP contribution in [-0.2, 0) is 6.42 Å². The van der Waals surface area contributed by atoms with Gasteiger partial charge in [-0.1, -0.05) is 19.1 Å². The molecule has 2 N–H and O–H groups in total. The van der Waals surface area contributed by atoms with Gasteiger partial charge in [0.25, 0.3) is 0 Å². The molecule has 0 fully saturated rings. The van der Waals surface area contributed by atoms with Gasteiger partial charge in [-0.05, 0) is 31.5 Å². The second kappa shape index (κ2) is 6.52. The Kier molecular flexibility index (Phi) is 4.73. The van der Waals surface area contributed by atoms with Crippen molar-refractivity contribution in [2.24, 2.45) is 0 Å². The first kappa shape index (κ1) is 15.2. The smallest absolute Gasteiger partial charge is 0.135 e. The second-order valence-electron chi connectivity index (χ2n) is 4.99. The Labute approximate surface area is 124 Å². The molecule has 112 valence electrons. The average molecular weight is 288 g/mol. The van der Waals surface area contributed by atoms with Crippen LogP contribution < -0.4 is 10.6 Å². The number of aromatic nitrogens is 2. The average Bonchev–Trinajstić information content (AvgIpc) is 2.49. The molecule has 0 aliphatic carbocycles. The van der Waals surface area contributed by atoms with E-state index in [4.69, 9.17) is 0 Å². The first-order valence-corrected chi connectivity index (χ1v) is 7.12. The summed E-state index contributed by atoms with van der Waals surface area (Å²) in [6.45, 7) is 5.97. The Balaban J connectivity index is 2.30. The number of benzene rings is 1. The molecule has 1 atom stereocenters. The van der Waals surface area contributed by atoms with Gasteiger partial charge in [0.05, 0.1) is 6.04 Å². The van der Waals surface area contributed by atoms with Crippen molar-refractivity contribution in [2.75, 3.05) is 17.7 Å². The highest BCUT2D eigenvalue weighted by atomic mass is 19.1. The van der Waals surface area contributed by atoms with Gasteiger partial charge in [0.2, 0.25) is 0 Å². The summed E-state index contributed by atoms with van der Waals surface area (Å²) in [4.78, 5) is 8.97. The lowest BCUT2D eigenvalue weighted by Crippen LogP contribution is -2.13. The largest absolute Gasteiger partial charge is 0.373 e. The fourth-order valence-electron chi connectivity index (χ4n) is 2.17. The topological polar surface area (TPSA) is 49.8 Å². The summed E-state index contributed by atoms with van der Waals surface area (Å²) < 4.78 is 13.3. The Morgan fingerprint density at radius 1 is 1.24 bits per heavy atom. The molecule has 21 heavy (non-hydrogen) atoms. The van der Waals surface area contributed by atoms with Gasteiger partial charge in [0.1, 0.15) is 23.3 Å². The quantitative estimate of drug-likeness (QED) is 0.880. The number of rotatable bonds is 5. The van der Waals surface area contributed by atoms with Gasteiger partial charge >= 0.3 is 0 Å². The lowest BCUT2D eigenvalue weighted by Gasteiger charge is -2.18. The maximum atomic E-state index is 13.3. The van der Waals surface area contributed by atoms with E-state index >= 15 is 0 Å². The third kappa shape index (κ3) is 3.48. The van der Waals surface area contributed by atoms with Crippen molar-refractivity contribution >= 4 is 11.6 Å². The van der Waals surface area contributed by atoms with Crippen molar-refractivity contribution < 1.29 is 4.39 Å². The van der Waals surface area contributed by atoms with E-state index in [1.165, 1.54) is 12.1 Å². The summed E-state index contributed by atoms with van der Waals surface area (Å²) in [7, 11) is 1.84. The number of nitrogens with one attached hydrogen (secondary N) is 2. The van der Waals surface area contributed by atoms with Crippen molar-refractivity contribution in [3.05, 3.63) is 47.0 Å². The summed E-state index contributed by atoms with van der Waals surface area (Å²) in [5.41, 5.74) is 1.84. The van der Waals surface area contributed by atoms with Gasteiger partial charge in [-0.25, -0.2) is 14.4 Å². The third-order valence-electron chi connectivity index (χ3n) is 3.45. The highest BCUT2D eigenvalue weighted by Crippen LogP contribution is 2.24. The van der Waals surface area contributed by atoms with Gasteiger partial charge in [-0.3, -0.25) is 0 Å². The SMILES string of the molecule is CCc1nc(NC)c(C)c(NC(C)c2cccc(F)c2)n1. The van der Waals surface area contributed by atoms with E-state index < -0.39 is 0 Å². The molecule has 1 unspecified atom stereocenters. The fourth-order valence-corrected chi connectivity index (χ4v) is 2.17. The van der Waals surface area contributed by atoms with E-state index in [0.29, 0.717) is 0 Å². The Bertz CT molecular complexity index is 628. The number of aryl methyl sites for hydroxylation is 1. The van der Waals surface area contributed by atoms with Crippen LogP contribution in [0.4, 0.5) is 16.0 Å². The summed E-state index contributed by atoms with van der Waals surface area (Å²) >= 11 is 0. The van der Waals surface area contributed by atoms with Crippen LogP contribution in [0.25, 0.3) is 0 Å². The monoisotopic (exact) mass is 288 g/mol. The zero-order chi connectivity index (χ0) is 15.4. The molecule has 2 aromatic rings. The molecule has 0 amide bonds. The lowest BCUT2D eigenvalue weighted by atomic mass is 10.1. The third-order valence-corrected chi connectivity index (χ3v) is 3.45. The molecule has 0 saturated carbocycles. The van der Waals surface area contributed by atoms with Crippen LogP contribution in [0.2, 0.25) is 0 Å². The van der Waals surface area contributed by atoms with Crippen molar-refractivity contribution in [3.8, 4) is 0 Å². The normalized spacial score (nSPS) is 12.0. The van der Waals surface area contributed by atoms with Crippen LogP contribution in [0.5, 0.6) is 0 Å². The molecule has 0 radical (unpaired) electrons. The van der Waals surface area contributed by atoms with Crippen molar-refractivity contribution in [1.29, 1.82) is 0 Å². The Hall–Kier alpha value is -2.17. The van der Waals surface area contributed by atoms with Crippen molar-refractivity contribution in [1.82, 2.24) is 9.97 Å².